The molecule has 1 aromatic carbocycles. The Labute approximate surface area is 182 Å². The van der Waals surface area contributed by atoms with Crippen LogP contribution in [0.4, 0.5) is 4.79 Å². The molecule has 0 bridgehead atoms. The molecule has 0 fully saturated rings. The zero-order chi connectivity index (χ0) is 21.7. The smallest absolute Gasteiger partial charge is 0.408 e. The van der Waals surface area contributed by atoms with Crippen molar-refractivity contribution in [1.82, 2.24) is 20.1 Å². The van der Waals surface area contributed by atoms with Gasteiger partial charge in [0.2, 0.25) is 0 Å². The Morgan fingerprint density at radius 2 is 1.80 bits per heavy atom. The zero-order valence-electron chi connectivity index (χ0n) is 15.9. The Balaban J connectivity index is 1.94. The second kappa shape index (κ2) is 9.43. The summed E-state index contributed by atoms with van der Waals surface area (Å²) in [5, 5.41) is 8.38. The molecule has 30 heavy (non-hydrogen) atoms. The summed E-state index contributed by atoms with van der Waals surface area (Å²) in [6, 6.07) is 9.71. The number of hydrogen-bond acceptors (Lipinski definition) is 6. The van der Waals surface area contributed by atoms with E-state index in [-0.39, 0.29) is 17.1 Å². The Morgan fingerprint density at radius 1 is 1.07 bits per heavy atom. The topological polar surface area (TPSA) is 97.6 Å². The molecule has 0 aliphatic carbocycles. The van der Waals surface area contributed by atoms with E-state index in [9.17, 15) is 9.59 Å². The first-order valence-electron chi connectivity index (χ1n) is 8.57. The zero-order valence-corrected chi connectivity index (χ0v) is 17.4. The highest BCUT2D eigenvalue weighted by Crippen LogP contribution is 2.35. The van der Waals surface area contributed by atoms with Gasteiger partial charge in [0.05, 0.1) is 12.4 Å². The molecule has 0 unspecified atom stereocenters. The summed E-state index contributed by atoms with van der Waals surface area (Å²) in [6.45, 7) is 0. The lowest BCUT2D eigenvalue weighted by Crippen LogP contribution is -2.25. The van der Waals surface area contributed by atoms with Crippen LogP contribution in [-0.4, -0.2) is 52.4 Å². The Bertz CT molecular complexity index is 1110. The number of benzene rings is 1. The Hall–Kier alpha value is -3.36. The van der Waals surface area contributed by atoms with Crippen LogP contribution in [0.2, 0.25) is 10.0 Å². The van der Waals surface area contributed by atoms with Crippen molar-refractivity contribution in [3.05, 3.63) is 70.2 Å². The maximum Gasteiger partial charge on any atom is 0.414 e. The fourth-order valence-electron chi connectivity index (χ4n) is 2.40. The molecule has 3 rings (SSSR count). The predicted octanol–water partition coefficient (Wildman–Crippen LogP) is 4.17. The van der Waals surface area contributed by atoms with Crippen LogP contribution in [0.1, 0.15) is 16.2 Å². The number of hydrogen-bond donors (Lipinski definition) is 0. The van der Waals surface area contributed by atoms with Gasteiger partial charge >= 0.3 is 6.09 Å². The maximum atomic E-state index is 12.7. The number of pyridine rings is 1. The molecule has 152 valence electrons. The number of nitrogens with zero attached hydrogens (tertiary/aromatic N) is 5. The van der Waals surface area contributed by atoms with Crippen molar-refractivity contribution in [2.24, 2.45) is 4.99 Å². The number of rotatable bonds is 4. The van der Waals surface area contributed by atoms with Crippen LogP contribution < -0.4 is 4.74 Å². The van der Waals surface area contributed by atoms with E-state index in [1.807, 2.05) is 0 Å². The molecule has 0 saturated carbocycles. The van der Waals surface area contributed by atoms with Crippen molar-refractivity contribution in [1.29, 1.82) is 0 Å². The molecule has 0 aliphatic rings. The first-order valence-corrected chi connectivity index (χ1v) is 9.32. The summed E-state index contributed by atoms with van der Waals surface area (Å²) >= 11 is 12.5. The number of aliphatic imine (C=N–C) groups is 1. The highest BCUT2D eigenvalue weighted by atomic mass is 35.5. The molecule has 2 aromatic heterocycles. The molecular weight excluding hydrogens is 429 g/mol. The van der Waals surface area contributed by atoms with Crippen LogP contribution in [0, 0.1) is 0 Å². The van der Waals surface area contributed by atoms with Gasteiger partial charge in [-0.15, -0.1) is 5.10 Å². The van der Waals surface area contributed by atoms with Gasteiger partial charge in [0.15, 0.2) is 11.4 Å². The van der Waals surface area contributed by atoms with Crippen LogP contribution >= 0.6 is 23.2 Å². The van der Waals surface area contributed by atoms with E-state index in [1.54, 1.807) is 44.4 Å². The van der Waals surface area contributed by atoms with Crippen molar-refractivity contribution in [2.45, 2.75) is 0 Å². The van der Waals surface area contributed by atoms with Crippen molar-refractivity contribution in [3.8, 4) is 16.9 Å². The third-order valence-corrected chi connectivity index (χ3v) is 4.45. The standard InChI is InChI=1S/C20H15Cl2N5O3/c1-27(2)20(29)30-16-7-4-9-23-15(16)11-24-19(28)18-12(8-10-25-26-18)17-13(21)5-3-6-14(17)22/h3-11H,1-2H3. The second-order valence-electron chi connectivity index (χ2n) is 6.10. The molecule has 2 heterocycles. The van der Waals surface area contributed by atoms with E-state index in [0.29, 0.717) is 21.2 Å². The summed E-state index contributed by atoms with van der Waals surface area (Å²) < 4.78 is 5.23. The number of carbonyl (C=O) groups excluding carboxylic acids is 2. The van der Waals surface area contributed by atoms with Crippen LogP contribution in [-0.2, 0) is 0 Å². The van der Waals surface area contributed by atoms with Crippen molar-refractivity contribution in [3.63, 3.8) is 0 Å². The third-order valence-electron chi connectivity index (χ3n) is 3.82. The maximum absolute atomic E-state index is 12.7. The minimum Gasteiger partial charge on any atom is -0.408 e. The number of halogens is 2. The number of aromatic nitrogens is 3. The van der Waals surface area contributed by atoms with E-state index in [2.05, 4.69) is 20.2 Å². The second-order valence-corrected chi connectivity index (χ2v) is 6.92. The van der Waals surface area contributed by atoms with E-state index in [1.165, 1.54) is 29.6 Å². The molecule has 0 saturated heterocycles. The van der Waals surface area contributed by atoms with Gasteiger partial charge in [0, 0.05) is 41.5 Å². The molecule has 0 radical (unpaired) electrons. The van der Waals surface area contributed by atoms with Gasteiger partial charge in [-0.1, -0.05) is 29.3 Å². The van der Waals surface area contributed by atoms with E-state index in [0.717, 1.165) is 0 Å². The van der Waals surface area contributed by atoms with Gasteiger partial charge < -0.3 is 9.64 Å². The number of ether oxygens (including phenoxy) is 1. The monoisotopic (exact) mass is 443 g/mol. The molecule has 10 heteroatoms. The van der Waals surface area contributed by atoms with E-state index in [4.69, 9.17) is 27.9 Å². The van der Waals surface area contributed by atoms with Crippen LogP contribution in [0.3, 0.4) is 0 Å². The first kappa shape index (κ1) is 21.4. The molecule has 0 N–H and O–H groups in total. The summed E-state index contributed by atoms with van der Waals surface area (Å²) in [7, 11) is 3.09. The largest absolute Gasteiger partial charge is 0.414 e. The first-order chi connectivity index (χ1) is 14.4. The van der Waals surface area contributed by atoms with Crippen LogP contribution in [0.15, 0.2) is 53.8 Å². The highest BCUT2D eigenvalue weighted by Gasteiger charge is 2.19. The average Bonchev–Trinajstić information content (AvgIpc) is 2.73. The SMILES string of the molecule is CN(C)C(=O)Oc1cccnc1C=NC(=O)c1nnccc1-c1c(Cl)cccc1Cl. The van der Waals surface area contributed by atoms with E-state index >= 15 is 0 Å². The van der Waals surface area contributed by atoms with Crippen LogP contribution in [0.25, 0.3) is 11.1 Å². The minimum absolute atomic E-state index is 0.0356. The normalized spacial score (nSPS) is 10.8. The van der Waals surface area contributed by atoms with Crippen molar-refractivity contribution >= 4 is 41.4 Å². The third kappa shape index (κ3) is 4.79. The highest BCUT2D eigenvalue weighted by molar-refractivity contribution is 6.39. The molecule has 3 aromatic rings. The fourth-order valence-corrected chi connectivity index (χ4v) is 3.00. The predicted molar refractivity (Wildman–Crippen MR) is 113 cm³/mol. The van der Waals surface area contributed by atoms with Gasteiger partial charge in [0.25, 0.3) is 5.91 Å². The summed E-state index contributed by atoms with van der Waals surface area (Å²) in [6.07, 6.45) is 3.50. The van der Waals surface area contributed by atoms with Gasteiger partial charge in [-0.25, -0.2) is 9.79 Å². The lowest BCUT2D eigenvalue weighted by molar-refractivity contribution is 0.0998. The van der Waals surface area contributed by atoms with Gasteiger partial charge in [0.1, 0.15) is 5.69 Å². The number of amides is 2. The molecule has 2 amide bonds. The molecule has 0 atom stereocenters. The van der Waals surface area contributed by atoms with Gasteiger partial charge in [-0.3, -0.25) is 9.78 Å². The molecule has 0 aliphatic heterocycles. The average molecular weight is 444 g/mol. The Kier molecular flexibility index (Phi) is 6.71. The lowest BCUT2D eigenvalue weighted by atomic mass is 10.0. The lowest BCUT2D eigenvalue weighted by Gasteiger charge is -2.11. The fraction of sp³-hybridized carbons (Fsp3) is 0.100. The summed E-state index contributed by atoms with van der Waals surface area (Å²) in [5.41, 5.74) is 1.00. The molecular formula is C20H15Cl2N5O3. The van der Waals surface area contributed by atoms with E-state index < -0.39 is 12.0 Å². The summed E-state index contributed by atoms with van der Waals surface area (Å²) in [5.74, 6) is -0.536. The van der Waals surface area contributed by atoms with Gasteiger partial charge in [-0.2, -0.15) is 5.10 Å². The van der Waals surface area contributed by atoms with Gasteiger partial charge in [-0.05, 0) is 30.3 Å². The summed E-state index contributed by atoms with van der Waals surface area (Å²) in [4.78, 5) is 33.8. The minimum atomic E-state index is -0.690. The molecule has 8 nitrogen and oxygen atoms in total. The quantitative estimate of drug-likeness (QED) is 0.561. The Morgan fingerprint density at radius 3 is 2.50 bits per heavy atom. The van der Waals surface area contributed by atoms with Crippen molar-refractivity contribution < 1.29 is 14.3 Å². The van der Waals surface area contributed by atoms with Crippen LogP contribution in [0.5, 0.6) is 5.75 Å². The number of carbonyl (C=O) groups is 2. The molecule has 0 spiro atoms. The van der Waals surface area contributed by atoms with Crippen molar-refractivity contribution in [2.75, 3.05) is 14.1 Å².